The van der Waals surface area contributed by atoms with Crippen LogP contribution in [-0.2, 0) is 9.53 Å². The lowest BCUT2D eigenvalue weighted by Gasteiger charge is -2.20. The van der Waals surface area contributed by atoms with E-state index in [2.05, 4.69) is 10.3 Å². The second kappa shape index (κ2) is 10.6. The number of nitrogens with one attached hydrogen (secondary N) is 2. The normalized spacial score (nSPS) is 10.7. The highest BCUT2D eigenvalue weighted by Crippen LogP contribution is 2.26. The lowest BCUT2D eigenvalue weighted by atomic mass is 9.98. The third kappa shape index (κ3) is 5.50. The first kappa shape index (κ1) is 23.6. The molecule has 0 bridgehead atoms. The highest BCUT2D eigenvalue weighted by molar-refractivity contribution is 6.03. The fourth-order valence-electron chi connectivity index (χ4n) is 3.74. The van der Waals surface area contributed by atoms with Crippen LogP contribution in [0.25, 0.3) is 10.9 Å². The third-order valence-corrected chi connectivity index (χ3v) is 5.51. The number of aromatic amines is 1. The zero-order valence-electron chi connectivity index (χ0n) is 19.2. The number of esters is 1. The summed E-state index contributed by atoms with van der Waals surface area (Å²) in [5.41, 5.74) is 1.81. The van der Waals surface area contributed by atoms with E-state index in [0.717, 1.165) is 11.1 Å². The van der Waals surface area contributed by atoms with Gasteiger partial charge < -0.3 is 24.5 Å². The van der Waals surface area contributed by atoms with E-state index in [9.17, 15) is 14.4 Å². The maximum absolute atomic E-state index is 12.8. The molecular weight excluding hydrogens is 448 g/mol. The molecule has 2 N–H and O–H groups in total. The van der Waals surface area contributed by atoms with Gasteiger partial charge in [0.15, 0.2) is 6.61 Å². The van der Waals surface area contributed by atoms with Gasteiger partial charge in [-0.25, -0.2) is 4.79 Å². The number of aromatic nitrogens is 1. The lowest BCUT2D eigenvalue weighted by molar-refractivity contribution is -0.124. The van der Waals surface area contributed by atoms with Crippen LogP contribution in [0, 0.1) is 0 Å². The van der Waals surface area contributed by atoms with Crippen LogP contribution >= 0.6 is 0 Å². The molecule has 1 heterocycles. The van der Waals surface area contributed by atoms with Crippen LogP contribution in [0.1, 0.15) is 27.5 Å². The quantitative estimate of drug-likeness (QED) is 0.380. The summed E-state index contributed by atoms with van der Waals surface area (Å²) in [5, 5.41) is 3.45. The molecule has 0 aliphatic rings. The van der Waals surface area contributed by atoms with Crippen LogP contribution in [0.4, 0.5) is 0 Å². The lowest BCUT2D eigenvalue weighted by Crippen LogP contribution is -2.33. The molecular formula is C27H24N2O6. The van der Waals surface area contributed by atoms with Crippen molar-refractivity contribution in [2.45, 2.75) is 6.04 Å². The third-order valence-electron chi connectivity index (χ3n) is 5.51. The minimum absolute atomic E-state index is 0.0963. The van der Waals surface area contributed by atoms with E-state index in [1.165, 1.54) is 6.07 Å². The van der Waals surface area contributed by atoms with E-state index in [1.807, 2.05) is 24.3 Å². The summed E-state index contributed by atoms with van der Waals surface area (Å²) in [6.07, 6.45) is 0. The average molecular weight is 472 g/mol. The summed E-state index contributed by atoms with van der Waals surface area (Å²) in [7, 11) is 3.16. The zero-order valence-corrected chi connectivity index (χ0v) is 19.2. The van der Waals surface area contributed by atoms with Gasteiger partial charge in [0, 0.05) is 17.0 Å². The first-order valence-electron chi connectivity index (χ1n) is 10.8. The monoisotopic (exact) mass is 472 g/mol. The second-order valence-electron chi connectivity index (χ2n) is 7.72. The van der Waals surface area contributed by atoms with Gasteiger partial charge in [-0.2, -0.15) is 0 Å². The molecule has 0 radical (unpaired) electrons. The fraction of sp³-hybridized carbons (Fsp3) is 0.148. The maximum Gasteiger partial charge on any atom is 0.339 e. The van der Waals surface area contributed by atoms with Crippen molar-refractivity contribution >= 4 is 22.8 Å². The van der Waals surface area contributed by atoms with Gasteiger partial charge >= 0.3 is 5.97 Å². The number of methoxy groups -OCH3 is 2. The Labute approximate surface area is 201 Å². The molecule has 0 aliphatic carbocycles. The Hall–Kier alpha value is -4.59. The summed E-state index contributed by atoms with van der Waals surface area (Å²) < 4.78 is 15.7. The predicted octanol–water partition coefficient (Wildman–Crippen LogP) is 3.61. The molecule has 0 saturated heterocycles. The van der Waals surface area contributed by atoms with Gasteiger partial charge in [0.25, 0.3) is 5.91 Å². The molecule has 4 aromatic rings. The largest absolute Gasteiger partial charge is 0.497 e. The summed E-state index contributed by atoms with van der Waals surface area (Å²) in [6.45, 7) is -0.511. The Morgan fingerprint density at radius 1 is 0.857 bits per heavy atom. The van der Waals surface area contributed by atoms with Gasteiger partial charge in [0.05, 0.1) is 25.8 Å². The van der Waals surface area contributed by atoms with Crippen LogP contribution < -0.4 is 20.3 Å². The van der Waals surface area contributed by atoms with Crippen LogP contribution in [0.5, 0.6) is 11.5 Å². The number of benzene rings is 3. The fourth-order valence-corrected chi connectivity index (χ4v) is 3.74. The van der Waals surface area contributed by atoms with Crippen molar-refractivity contribution < 1.29 is 23.8 Å². The average Bonchev–Trinajstić information content (AvgIpc) is 2.90. The summed E-state index contributed by atoms with van der Waals surface area (Å²) in [4.78, 5) is 40.1. The molecule has 8 heteroatoms. The van der Waals surface area contributed by atoms with E-state index in [4.69, 9.17) is 14.2 Å². The minimum atomic E-state index is -0.757. The van der Waals surface area contributed by atoms with E-state index in [0.29, 0.717) is 22.4 Å². The summed E-state index contributed by atoms with van der Waals surface area (Å²) >= 11 is 0. The molecule has 0 unspecified atom stereocenters. The Morgan fingerprint density at radius 2 is 1.43 bits per heavy atom. The molecule has 178 valence electrons. The first-order chi connectivity index (χ1) is 17.0. The van der Waals surface area contributed by atoms with Crippen molar-refractivity contribution in [2.75, 3.05) is 20.8 Å². The number of amides is 1. The van der Waals surface area contributed by atoms with Crippen molar-refractivity contribution in [3.05, 3.63) is 106 Å². The smallest absolute Gasteiger partial charge is 0.339 e. The Balaban J connectivity index is 1.52. The molecule has 3 aromatic carbocycles. The van der Waals surface area contributed by atoms with Crippen LogP contribution in [0.15, 0.2) is 83.7 Å². The molecule has 0 aliphatic heterocycles. The van der Waals surface area contributed by atoms with Gasteiger partial charge in [-0.1, -0.05) is 42.5 Å². The first-order valence-corrected chi connectivity index (χ1v) is 10.8. The SMILES string of the molecule is COc1ccc(C(NC(=O)COC(=O)c2cc(=O)[nH]c3ccccc23)c2ccc(OC)cc2)cc1. The van der Waals surface area contributed by atoms with Gasteiger partial charge in [-0.05, 0) is 41.5 Å². The molecule has 0 spiro atoms. The highest BCUT2D eigenvalue weighted by atomic mass is 16.5. The number of hydrogen-bond acceptors (Lipinski definition) is 6. The zero-order chi connectivity index (χ0) is 24.8. The molecule has 1 aromatic heterocycles. The van der Waals surface area contributed by atoms with Gasteiger partial charge in [-0.15, -0.1) is 0 Å². The molecule has 4 rings (SSSR count). The molecule has 0 saturated carbocycles. The van der Waals surface area contributed by atoms with E-state index >= 15 is 0 Å². The van der Waals surface area contributed by atoms with Gasteiger partial charge in [-0.3, -0.25) is 9.59 Å². The molecule has 1 amide bonds. The van der Waals surface area contributed by atoms with E-state index < -0.39 is 30.1 Å². The van der Waals surface area contributed by atoms with Crippen molar-refractivity contribution in [3.8, 4) is 11.5 Å². The standard InChI is InChI=1S/C27H24N2O6/c1-33-19-11-7-17(8-12-19)26(18-9-13-20(34-2)14-10-18)29-25(31)16-35-27(32)22-15-24(30)28-23-6-4-3-5-21(22)23/h3-15,26H,16H2,1-2H3,(H,28,30)(H,29,31). The Kier molecular flexibility index (Phi) is 7.11. The number of H-pyrrole nitrogens is 1. The molecule has 35 heavy (non-hydrogen) atoms. The number of carbonyl (C=O) groups excluding carboxylic acids is 2. The van der Waals surface area contributed by atoms with Crippen molar-refractivity contribution in [1.29, 1.82) is 0 Å². The molecule has 0 atom stereocenters. The Bertz CT molecular complexity index is 1350. The van der Waals surface area contributed by atoms with Gasteiger partial charge in [0.2, 0.25) is 5.56 Å². The predicted molar refractivity (Wildman–Crippen MR) is 131 cm³/mol. The number of pyridine rings is 1. The van der Waals surface area contributed by atoms with Crippen molar-refractivity contribution in [1.82, 2.24) is 10.3 Å². The number of hydrogen-bond donors (Lipinski definition) is 2. The number of rotatable bonds is 8. The summed E-state index contributed by atoms with van der Waals surface area (Å²) in [5.74, 6) is 0.122. The Morgan fingerprint density at radius 3 is 2.00 bits per heavy atom. The number of fused-ring (bicyclic) bond motifs is 1. The van der Waals surface area contributed by atoms with E-state index in [1.54, 1.807) is 62.8 Å². The summed E-state index contributed by atoms with van der Waals surface area (Å²) in [6, 6.07) is 22.2. The van der Waals surface area contributed by atoms with Crippen LogP contribution in [0.3, 0.4) is 0 Å². The number of carbonyl (C=O) groups is 2. The second-order valence-corrected chi connectivity index (χ2v) is 7.72. The van der Waals surface area contributed by atoms with Crippen LogP contribution in [-0.4, -0.2) is 37.7 Å². The molecule has 8 nitrogen and oxygen atoms in total. The van der Waals surface area contributed by atoms with Crippen molar-refractivity contribution in [2.24, 2.45) is 0 Å². The molecule has 0 fully saturated rings. The van der Waals surface area contributed by atoms with Crippen molar-refractivity contribution in [3.63, 3.8) is 0 Å². The van der Waals surface area contributed by atoms with E-state index in [-0.39, 0.29) is 5.56 Å². The number of ether oxygens (including phenoxy) is 3. The topological polar surface area (TPSA) is 107 Å². The van der Waals surface area contributed by atoms with Crippen LogP contribution in [0.2, 0.25) is 0 Å². The highest BCUT2D eigenvalue weighted by Gasteiger charge is 2.20. The minimum Gasteiger partial charge on any atom is -0.497 e. The number of para-hydroxylation sites is 1. The maximum atomic E-state index is 12.8. The van der Waals surface area contributed by atoms with Gasteiger partial charge in [0.1, 0.15) is 11.5 Å².